The van der Waals surface area contributed by atoms with Crippen LogP contribution in [-0.4, -0.2) is 31.6 Å². The van der Waals surface area contributed by atoms with Crippen LogP contribution in [0.3, 0.4) is 0 Å². The first-order chi connectivity index (χ1) is 11.6. The summed E-state index contributed by atoms with van der Waals surface area (Å²) in [4.78, 5) is 23.8. The molecule has 3 N–H and O–H groups in total. The normalized spacial score (nSPS) is 20.1. The molecule has 2 atom stereocenters. The zero-order chi connectivity index (χ0) is 17.4. The summed E-state index contributed by atoms with van der Waals surface area (Å²) in [5.74, 6) is 1.27. The van der Waals surface area contributed by atoms with Gasteiger partial charge in [-0.1, -0.05) is 19.8 Å². The van der Waals surface area contributed by atoms with Crippen LogP contribution in [-0.2, 0) is 4.79 Å². The van der Waals surface area contributed by atoms with Gasteiger partial charge in [-0.3, -0.25) is 4.79 Å². The standard InChI is InChI=1S/C18H27N3O3/c1-13-5-3-4-6-16(13)21-17(22)11-12-19-18(23)20-14-7-9-15(24-2)10-8-14/h7-10,13,16H,3-6,11-12H2,1-2H3,(H,21,22)(H2,19,20,23)/t13-,16+/m0/s1. The molecule has 6 nitrogen and oxygen atoms in total. The van der Waals surface area contributed by atoms with Gasteiger partial charge in [-0.25, -0.2) is 4.79 Å². The average molecular weight is 333 g/mol. The smallest absolute Gasteiger partial charge is 0.319 e. The van der Waals surface area contributed by atoms with Crippen LogP contribution in [0, 0.1) is 5.92 Å². The highest BCUT2D eigenvalue weighted by Gasteiger charge is 2.22. The van der Waals surface area contributed by atoms with E-state index in [0.717, 1.165) is 12.2 Å². The molecule has 1 fully saturated rings. The first-order valence-electron chi connectivity index (χ1n) is 8.56. The molecule has 132 valence electrons. The molecule has 1 aromatic rings. The first kappa shape index (κ1) is 18.1. The van der Waals surface area contributed by atoms with E-state index in [1.807, 2.05) is 0 Å². The topological polar surface area (TPSA) is 79.5 Å². The fourth-order valence-corrected chi connectivity index (χ4v) is 2.95. The highest BCUT2D eigenvalue weighted by atomic mass is 16.5. The lowest BCUT2D eigenvalue weighted by molar-refractivity contribution is -0.122. The molecular weight excluding hydrogens is 306 g/mol. The van der Waals surface area contributed by atoms with Crippen LogP contribution in [0.2, 0.25) is 0 Å². The molecule has 1 aromatic carbocycles. The van der Waals surface area contributed by atoms with E-state index in [1.165, 1.54) is 19.3 Å². The number of anilines is 1. The molecule has 0 aliphatic heterocycles. The predicted octanol–water partition coefficient (Wildman–Crippen LogP) is 2.90. The van der Waals surface area contributed by atoms with Gasteiger partial charge in [0.25, 0.3) is 0 Å². The van der Waals surface area contributed by atoms with Gasteiger partial charge in [0.1, 0.15) is 5.75 Å². The molecule has 0 heterocycles. The third kappa shape index (κ3) is 5.76. The molecule has 3 amide bonds. The van der Waals surface area contributed by atoms with Gasteiger partial charge in [-0.15, -0.1) is 0 Å². The van der Waals surface area contributed by atoms with Crippen LogP contribution in [0.25, 0.3) is 0 Å². The molecule has 0 spiro atoms. The second-order valence-electron chi connectivity index (χ2n) is 6.30. The molecule has 0 radical (unpaired) electrons. The van der Waals surface area contributed by atoms with E-state index in [2.05, 4.69) is 22.9 Å². The largest absolute Gasteiger partial charge is 0.497 e. The van der Waals surface area contributed by atoms with Crippen molar-refractivity contribution in [2.24, 2.45) is 5.92 Å². The Bertz CT molecular complexity index is 545. The SMILES string of the molecule is COc1ccc(NC(=O)NCCC(=O)N[C@@H]2CCCC[C@@H]2C)cc1. The summed E-state index contributed by atoms with van der Waals surface area (Å²) in [6.07, 6.45) is 4.95. The predicted molar refractivity (Wildman–Crippen MR) is 94.2 cm³/mol. The number of ether oxygens (including phenoxy) is 1. The van der Waals surface area contributed by atoms with Crippen LogP contribution in [0.1, 0.15) is 39.0 Å². The summed E-state index contributed by atoms with van der Waals surface area (Å²) < 4.78 is 5.06. The van der Waals surface area contributed by atoms with Crippen molar-refractivity contribution in [3.63, 3.8) is 0 Å². The molecule has 0 aromatic heterocycles. The maximum absolute atomic E-state index is 12.0. The van der Waals surface area contributed by atoms with Crippen LogP contribution >= 0.6 is 0 Å². The fraction of sp³-hybridized carbons (Fsp3) is 0.556. The maximum Gasteiger partial charge on any atom is 0.319 e. The molecule has 1 aliphatic carbocycles. The van der Waals surface area contributed by atoms with Crippen LogP contribution in [0.5, 0.6) is 5.75 Å². The summed E-state index contributed by atoms with van der Waals surface area (Å²) in [6.45, 7) is 2.50. The van der Waals surface area contributed by atoms with Gasteiger partial charge in [-0.2, -0.15) is 0 Å². The number of amides is 3. The zero-order valence-corrected chi connectivity index (χ0v) is 14.4. The third-order valence-electron chi connectivity index (χ3n) is 4.44. The Morgan fingerprint density at radius 2 is 1.88 bits per heavy atom. The molecule has 1 saturated carbocycles. The van der Waals surface area contributed by atoms with Gasteiger partial charge in [0.2, 0.25) is 5.91 Å². The Kier molecular flexibility index (Phi) is 6.90. The van der Waals surface area contributed by atoms with Gasteiger partial charge in [0.15, 0.2) is 0 Å². The Labute approximate surface area is 143 Å². The van der Waals surface area contributed by atoms with Crippen molar-refractivity contribution in [1.29, 1.82) is 0 Å². The summed E-state index contributed by atoms with van der Waals surface area (Å²) >= 11 is 0. The fourth-order valence-electron chi connectivity index (χ4n) is 2.95. The minimum absolute atomic E-state index is 0.00139. The Hall–Kier alpha value is -2.24. The van der Waals surface area contributed by atoms with Gasteiger partial charge in [0, 0.05) is 24.7 Å². The van der Waals surface area contributed by atoms with Crippen molar-refractivity contribution < 1.29 is 14.3 Å². The molecule has 0 bridgehead atoms. The molecule has 24 heavy (non-hydrogen) atoms. The van der Waals surface area contributed by atoms with Crippen LogP contribution < -0.4 is 20.7 Å². The zero-order valence-electron chi connectivity index (χ0n) is 14.4. The van der Waals surface area contributed by atoms with E-state index in [1.54, 1.807) is 31.4 Å². The summed E-state index contributed by atoms with van der Waals surface area (Å²) in [5, 5.41) is 8.50. The second-order valence-corrected chi connectivity index (χ2v) is 6.30. The summed E-state index contributed by atoms with van der Waals surface area (Å²) in [6, 6.07) is 7.02. The third-order valence-corrected chi connectivity index (χ3v) is 4.44. The quantitative estimate of drug-likeness (QED) is 0.749. The number of carbonyl (C=O) groups excluding carboxylic acids is 2. The molecule has 6 heteroatoms. The van der Waals surface area contributed by atoms with E-state index >= 15 is 0 Å². The number of carbonyl (C=O) groups is 2. The lowest BCUT2D eigenvalue weighted by Crippen LogP contribution is -2.42. The van der Waals surface area contributed by atoms with E-state index < -0.39 is 0 Å². The Morgan fingerprint density at radius 3 is 2.54 bits per heavy atom. The van der Waals surface area contributed by atoms with Crippen molar-refractivity contribution in [3.05, 3.63) is 24.3 Å². The lowest BCUT2D eigenvalue weighted by Gasteiger charge is -2.29. The average Bonchev–Trinajstić information content (AvgIpc) is 2.57. The van der Waals surface area contributed by atoms with Gasteiger partial charge >= 0.3 is 6.03 Å². The molecule has 0 saturated heterocycles. The molecule has 2 rings (SSSR count). The minimum Gasteiger partial charge on any atom is -0.497 e. The molecule has 0 unspecified atom stereocenters. The first-order valence-corrected chi connectivity index (χ1v) is 8.56. The number of hydrogen-bond donors (Lipinski definition) is 3. The van der Waals surface area contributed by atoms with Crippen molar-refractivity contribution >= 4 is 17.6 Å². The highest BCUT2D eigenvalue weighted by molar-refractivity contribution is 5.89. The van der Waals surface area contributed by atoms with Gasteiger partial charge < -0.3 is 20.7 Å². The lowest BCUT2D eigenvalue weighted by atomic mass is 9.86. The van der Waals surface area contributed by atoms with Crippen molar-refractivity contribution in [2.75, 3.05) is 19.0 Å². The van der Waals surface area contributed by atoms with Crippen molar-refractivity contribution in [1.82, 2.24) is 10.6 Å². The van der Waals surface area contributed by atoms with Crippen molar-refractivity contribution in [3.8, 4) is 5.75 Å². The molecular formula is C18H27N3O3. The number of urea groups is 1. The number of nitrogens with one attached hydrogen (secondary N) is 3. The van der Waals surface area contributed by atoms with Crippen LogP contribution in [0.15, 0.2) is 24.3 Å². The highest BCUT2D eigenvalue weighted by Crippen LogP contribution is 2.23. The Balaban J connectivity index is 1.65. The van der Waals surface area contributed by atoms with Crippen LogP contribution in [0.4, 0.5) is 10.5 Å². The van der Waals surface area contributed by atoms with Gasteiger partial charge in [0.05, 0.1) is 7.11 Å². The van der Waals surface area contributed by atoms with E-state index in [0.29, 0.717) is 24.6 Å². The summed E-state index contributed by atoms with van der Waals surface area (Å²) in [7, 11) is 1.59. The van der Waals surface area contributed by atoms with Crippen molar-refractivity contribution in [2.45, 2.75) is 45.1 Å². The van der Waals surface area contributed by atoms with E-state index in [9.17, 15) is 9.59 Å². The second kappa shape index (κ2) is 9.15. The monoisotopic (exact) mass is 333 g/mol. The maximum atomic E-state index is 12.0. The number of rotatable bonds is 6. The van der Waals surface area contributed by atoms with E-state index in [-0.39, 0.29) is 18.0 Å². The number of benzene rings is 1. The number of methoxy groups -OCH3 is 1. The minimum atomic E-state index is -0.320. The number of hydrogen-bond acceptors (Lipinski definition) is 3. The molecule has 1 aliphatic rings. The van der Waals surface area contributed by atoms with Gasteiger partial charge in [-0.05, 0) is 43.0 Å². The van der Waals surface area contributed by atoms with E-state index in [4.69, 9.17) is 4.74 Å². The summed E-state index contributed by atoms with van der Waals surface area (Å²) in [5.41, 5.74) is 0.675. The Morgan fingerprint density at radius 1 is 1.17 bits per heavy atom.